The van der Waals surface area contributed by atoms with E-state index in [9.17, 15) is 8.78 Å². The predicted molar refractivity (Wildman–Crippen MR) is 59.2 cm³/mol. The molecule has 1 N–H and O–H groups in total. The fourth-order valence-electron chi connectivity index (χ4n) is 2.36. The van der Waals surface area contributed by atoms with Crippen LogP contribution in [0.1, 0.15) is 25.7 Å². The van der Waals surface area contributed by atoms with Crippen LogP contribution >= 0.6 is 0 Å². The third kappa shape index (κ3) is 2.18. The van der Waals surface area contributed by atoms with E-state index in [0.717, 1.165) is 17.9 Å². The Bertz CT molecular complexity index is 365. The lowest BCUT2D eigenvalue weighted by Crippen LogP contribution is -2.24. The monoisotopic (exact) mass is 223 g/mol. The molecular weight excluding hydrogens is 208 g/mol. The van der Waals surface area contributed by atoms with E-state index in [4.69, 9.17) is 0 Å². The summed E-state index contributed by atoms with van der Waals surface area (Å²) in [4.78, 5) is 0. The molecule has 86 valence electrons. The molecule has 2 saturated carbocycles. The first-order valence-electron chi connectivity index (χ1n) is 5.95. The molecule has 0 radical (unpaired) electrons. The summed E-state index contributed by atoms with van der Waals surface area (Å²) in [7, 11) is 0. The quantitative estimate of drug-likeness (QED) is 0.822. The summed E-state index contributed by atoms with van der Waals surface area (Å²) in [5.41, 5.74) is 0.585. The summed E-state index contributed by atoms with van der Waals surface area (Å²) >= 11 is 0. The van der Waals surface area contributed by atoms with Gasteiger partial charge in [0, 0.05) is 17.8 Å². The number of benzene rings is 1. The summed E-state index contributed by atoms with van der Waals surface area (Å²) in [5.74, 6) is 0.429. The fraction of sp³-hybridized carbons (Fsp3) is 0.538. The maximum Gasteiger partial charge on any atom is 0.128 e. The van der Waals surface area contributed by atoms with Gasteiger partial charge in [-0.1, -0.05) is 0 Å². The van der Waals surface area contributed by atoms with E-state index in [1.807, 2.05) is 0 Å². The first-order chi connectivity index (χ1) is 7.72. The van der Waals surface area contributed by atoms with Crippen LogP contribution in [0.4, 0.5) is 14.5 Å². The lowest BCUT2D eigenvalue weighted by atomic mass is 10.1. The molecule has 0 bridgehead atoms. The molecule has 0 aromatic heterocycles. The number of anilines is 1. The van der Waals surface area contributed by atoms with E-state index in [1.54, 1.807) is 0 Å². The van der Waals surface area contributed by atoms with Crippen molar-refractivity contribution in [2.75, 3.05) is 5.32 Å². The van der Waals surface area contributed by atoms with Crippen LogP contribution in [0.15, 0.2) is 18.2 Å². The Kier molecular flexibility index (Phi) is 2.34. The lowest BCUT2D eigenvalue weighted by molar-refractivity contribution is 0.560. The van der Waals surface area contributed by atoms with Gasteiger partial charge in [-0.3, -0.25) is 0 Å². The molecule has 0 atom stereocenters. The van der Waals surface area contributed by atoms with E-state index in [-0.39, 0.29) is 0 Å². The van der Waals surface area contributed by atoms with Crippen molar-refractivity contribution < 1.29 is 8.78 Å². The van der Waals surface area contributed by atoms with Crippen molar-refractivity contribution in [3.8, 4) is 0 Å². The molecule has 0 heterocycles. The molecule has 1 aromatic carbocycles. The minimum Gasteiger partial charge on any atom is -0.382 e. The molecule has 3 rings (SSSR count). The van der Waals surface area contributed by atoms with Crippen LogP contribution in [0.2, 0.25) is 0 Å². The van der Waals surface area contributed by atoms with Crippen LogP contribution in [0.25, 0.3) is 0 Å². The zero-order valence-electron chi connectivity index (χ0n) is 9.05. The van der Waals surface area contributed by atoms with Gasteiger partial charge in [-0.05, 0) is 49.7 Å². The van der Waals surface area contributed by atoms with Crippen molar-refractivity contribution in [2.24, 2.45) is 11.8 Å². The average Bonchev–Trinajstić information content (AvgIpc) is 3.07. The van der Waals surface area contributed by atoms with E-state index in [2.05, 4.69) is 5.32 Å². The van der Waals surface area contributed by atoms with E-state index in [1.165, 1.54) is 37.8 Å². The molecule has 0 unspecified atom stereocenters. The third-order valence-corrected chi connectivity index (χ3v) is 3.46. The van der Waals surface area contributed by atoms with Crippen LogP contribution in [0.5, 0.6) is 0 Å². The van der Waals surface area contributed by atoms with Gasteiger partial charge in [-0.15, -0.1) is 0 Å². The molecule has 16 heavy (non-hydrogen) atoms. The zero-order chi connectivity index (χ0) is 11.1. The van der Waals surface area contributed by atoms with Gasteiger partial charge in [0.25, 0.3) is 0 Å². The first-order valence-corrected chi connectivity index (χ1v) is 5.95. The molecule has 1 aromatic rings. The largest absolute Gasteiger partial charge is 0.382 e. The van der Waals surface area contributed by atoms with Gasteiger partial charge < -0.3 is 5.32 Å². The summed E-state index contributed by atoms with van der Waals surface area (Å²) in [6.07, 6.45) is 5.02. The highest BCUT2D eigenvalue weighted by atomic mass is 19.1. The van der Waals surface area contributed by atoms with E-state index in [0.29, 0.717) is 11.7 Å². The smallest absolute Gasteiger partial charge is 0.128 e. The van der Waals surface area contributed by atoms with Gasteiger partial charge in [-0.25, -0.2) is 8.78 Å². The second-order valence-electron chi connectivity index (χ2n) is 5.00. The number of halogens is 2. The third-order valence-electron chi connectivity index (χ3n) is 3.46. The highest BCUT2D eigenvalue weighted by Gasteiger charge is 2.41. The lowest BCUT2D eigenvalue weighted by Gasteiger charge is -2.19. The maximum absolute atomic E-state index is 13.0. The first kappa shape index (κ1) is 10.1. The Labute approximate surface area is 93.9 Å². The second-order valence-corrected chi connectivity index (χ2v) is 5.00. The predicted octanol–water partition coefficient (Wildman–Crippen LogP) is 3.57. The van der Waals surface area contributed by atoms with Crippen molar-refractivity contribution in [1.82, 2.24) is 0 Å². The molecule has 0 aliphatic heterocycles. The van der Waals surface area contributed by atoms with Crippen LogP contribution in [-0.2, 0) is 0 Å². The Morgan fingerprint density at radius 3 is 1.88 bits per heavy atom. The minimum absolute atomic E-state index is 0.432. The number of nitrogens with one attached hydrogen (secondary N) is 1. The number of hydrogen-bond acceptors (Lipinski definition) is 1. The number of hydrogen-bond donors (Lipinski definition) is 1. The maximum atomic E-state index is 13.0. The SMILES string of the molecule is Fc1cc(F)cc(NC(C2CC2)C2CC2)c1. The van der Waals surface area contributed by atoms with Crippen molar-refractivity contribution in [3.05, 3.63) is 29.8 Å². The van der Waals surface area contributed by atoms with Gasteiger partial charge in [0.15, 0.2) is 0 Å². The summed E-state index contributed by atoms with van der Waals surface area (Å²) in [5, 5.41) is 3.30. The van der Waals surface area contributed by atoms with Crippen LogP contribution in [0.3, 0.4) is 0 Å². The highest BCUT2D eigenvalue weighted by molar-refractivity contribution is 5.45. The van der Waals surface area contributed by atoms with Crippen molar-refractivity contribution in [1.29, 1.82) is 0 Å². The van der Waals surface area contributed by atoms with Crippen molar-refractivity contribution in [3.63, 3.8) is 0 Å². The average molecular weight is 223 g/mol. The molecule has 0 spiro atoms. The minimum atomic E-state index is -0.507. The highest BCUT2D eigenvalue weighted by Crippen LogP contribution is 2.45. The summed E-state index contributed by atoms with van der Waals surface area (Å²) in [6, 6.07) is 4.09. The molecule has 2 fully saturated rings. The standard InChI is InChI=1S/C13H15F2N/c14-10-5-11(15)7-12(6-10)16-13(8-1-2-8)9-3-4-9/h5-9,13,16H,1-4H2. The molecular formula is C13H15F2N. The normalized spacial score (nSPS) is 20.2. The Morgan fingerprint density at radius 1 is 0.938 bits per heavy atom. The molecule has 2 aliphatic carbocycles. The van der Waals surface area contributed by atoms with Gasteiger partial charge in [0.05, 0.1) is 0 Å². The zero-order valence-corrected chi connectivity index (χ0v) is 9.05. The molecule has 0 saturated heterocycles. The van der Waals surface area contributed by atoms with Crippen LogP contribution in [0, 0.1) is 23.5 Å². The van der Waals surface area contributed by atoms with Gasteiger partial charge in [-0.2, -0.15) is 0 Å². The Morgan fingerprint density at radius 2 is 1.44 bits per heavy atom. The topological polar surface area (TPSA) is 12.0 Å². The second kappa shape index (κ2) is 3.72. The Hall–Kier alpha value is -1.12. The van der Waals surface area contributed by atoms with E-state index >= 15 is 0 Å². The molecule has 0 amide bonds. The van der Waals surface area contributed by atoms with Crippen molar-refractivity contribution >= 4 is 5.69 Å². The van der Waals surface area contributed by atoms with Crippen molar-refractivity contribution in [2.45, 2.75) is 31.7 Å². The summed E-state index contributed by atoms with van der Waals surface area (Å²) < 4.78 is 26.1. The fourth-order valence-corrected chi connectivity index (χ4v) is 2.36. The van der Waals surface area contributed by atoms with Gasteiger partial charge >= 0.3 is 0 Å². The molecule has 3 heteroatoms. The Balaban J connectivity index is 1.75. The molecule has 1 nitrogen and oxygen atoms in total. The summed E-state index contributed by atoms with van der Waals surface area (Å²) in [6.45, 7) is 0. The van der Waals surface area contributed by atoms with Gasteiger partial charge in [0.1, 0.15) is 11.6 Å². The van der Waals surface area contributed by atoms with Gasteiger partial charge in [0.2, 0.25) is 0 Å². The molecule has 2 aliphatic rings. The van der Waals surface area contributed by atoms with E-state index < -0.39 is 11.6 Å². The van der Waals surface area contributed by atoms with Crippen LogP contribution < -0.4 is 5.32 Å². The van der Waals surface area contributed by atoms with Crippen LogP contribution in [-0.4, -0.2) is 6.04 Å². The number of rotatable bonds is 4.